The normalized spacial score (nSPS) is 25.8. The highest BCUT2D eigenvalue weighted by atomic mass is 31.1. The topological polar surface area (TPSA) is 96.1 Å². The maximum atomic E-state index is 11.3. The predicted octanol–water partition coefficient (Wildman–Crippen LogP) is 2.19. The lowest BCUT2D eigenvalue weighted by atomic mass is 10.2. The smallest absolute Gasteiger partial charge is 0.319 e. The van der Waals surface area contributed by atoms with Gasteiger partial charge in [0.15, 0.2) is 0 Å². The van der Waals surface area contributed by atoms with Gasteiger partial charge in [0.25, 0.3) is 0 Å². The predicted molar refractivity (Wildman–Crippen MR) is 79.8 cm³/mol. The maximum Gasteiger partial charge on any atom is 0.319 e. The summed E-state index contributed by atoms with van der Waals surface area (Å²) in [5, 5.41) is 0. The van der Waals surface area contributed by atoms with Crippen molar-refractivity contribution in [2.24, 2.45) is 0 Å². The van der Waals surface area contributed by atoms with Gasteiger partial charge in [-0.15, -0.1) is 0 Å². The standard InChI is InChI=1S/C12H24O8P2/c13-21(19-9-11-7-15-11)17-5-3-1-2-4-6-18-22(14)20-10-12-8-16-12/h11-12,21-22H,1-10H2. The van der Waals surface area contributed by atoms with Crippen molar-refractivity contribution < 1.29 is 36.7 Å². The van der Waals surface area contributed by atoms with Crippen LogP contribution >= 0.6 is 16.5 Å². The molecular formula is C12H24O8P2. The van der Waals surface area contributed by atoms with Crippen LogP contribution in [0.3, 0.4) is 0 Å². The summed E-state index contributed by atoms with van der Waals surface area (Å²) < 4.78 is 52.7. The van der Waals surface area contributed by atoms with Gasteiger partial charge in [0.2, 0.25) is 0 Å². The van der Waals surface area contributed by atoms with E-state index in [1.54, 1.807) is 0 Å². The molecule has 0 bridgehead atoms. The van der Waals surface area contributed by atoms with E-state index in [0.29, 0.717) is 39.6 Å². The van der Waals surface area contributed by atoms with Crippen molar-refractivity contribution in [3.63, 3.8) is 0 Å². The number of ether oxygens (including phenoxy) is 2. The van der Waals surface area contributed by atoms with Gasteiger partial charge in [-0.25, -0.2) is 0 Å². The van der Waals surface area contributed by atoms with Crippen molar-refractivity contribution in [3.05, 3.63) is 0 Å². The minimum Gasteiger partial charge on any atom is -0.371 e. The number of rotatable bonds is 15. The number of epoxide rings is 2. The highest BCUT2D eigenvalue weighted by Crippen LogP contribution is 2.27. The average Bonchev–Trinajstić information content (AvgIpc) is 3.39. The zero-order valence-corrected chi connectivity index (χ0v) is 14.5. The molecule has 4 atom stereocenters. The molecule has 2 heterocycles. The highest BCUT2D eigenvalue weighted by molar-refractivity contribution is 7.33. The summed E-state index contributed by atoms with van der Waals surface area (Å²) in [4.78, 5) is 0. The molecule has 4 unspecified atom stereocenters. The summed E-state index contributed by atoms with van der Waals surface area (Å²) in [5.74, 6) is 0. The van der Waals surface area contributed by atoms with Crippen LogP contribution < -0.4 is 0 Å². The summed E-state index contributed by atoms with van der Waals surface area (Å²) in [6, 6.07) is 0. The number of unbranched alkanes of at least 4 members (excludes halogenated alkanes) is 3. The lowest BCUT2D eigenvalue weighted by Crippen LogP contribution is -1.98. The molecule has 0 aromatic heterocycles. The van der Waals surface area contributed by atoms with E-state index in [9.17, 15) is 9.13 Å². The van der Waals surface area contributed by atoms with Gasteiger partial charge in [0.05, 0.1) is 39.6 Å². The van der Waals surface area contributed by atoms with Gasteiger partial charge in [0, 0.05) is 0 Å². The average molecular weight is 358 g/mol. The molecule has 22 heavy (non-hydrogen) atoms. The monoisotopic (exact) mass is 358 g/mol. The molecule has 0 aromatic rings. The van der Waals surface area contributed by atoms with Crippen LogP contribution in [0.5, 0.6) is 0 Å². The Balaban J connectivity index is 1.28. The zero-order chi connectivity index (χ0) is 15.6. The quantitative estimate of drug-likeness (QED) is 0.250. The van der Waals surface area contributed by atoms with Gasteiger partial charge in [0.1, 0.15) is 12.2 Å². The van der Waals surface area contributed by atoms with Gasteiger partial charge >= 0.3 is 16.5 Å². The molecule has 8 nitrogen and oxygen atoms in total. The molecule has 2 saturated heterocycles. The van der Waals surface area contributed by atoms with E-state index < -0.39 is 16.5 Å². The molecule has 0 aromatic carbocycles. The summed E-state index contributed by atoms with van der Waals surface area (Å²) in [7, 11) is -4.76. The molecule has 0 radical (unpaired) electrons. The first-order chi connectivity index (χ1) is 10.7. The van der Waals surface area contributed by atoms with Crippen LogP contribution in [-0.4, -0.2) is 51.8 Å². The van der Waals surface area contributed by atoms with Crippen molar-refractivity contribution in [3.8, 4) is 0 Å². The molecule has 0 aliphatic carbocycles. The molecule has 0 saturated carbocycles. The van der Waals surface area contributed by atoms with E-state index in [1.807, 2.05) is 0 Å². The molecule has 130 valence electrons. The third-order valence-corrected chi connectivity index (χ3v) is 4.74. The van der Waals surface area contributed by atoms with Crippen molar-refractivity contribution in [1.82, 2.24) is 0 Å². The second-order valence-corrected chi connectivity index (χ2v) is 7.30. The van der Waals surface area contributed by atoms with Crippen LogP contribution in [0, 0.1) is 0 Å². The Morgan fingerprint density at radius 2 is 1.14 bits per heavy atom. The molecule has 10 heteroatoms. The molecule has 0 spiro atoms. The SMILES string of the molecule is O=[PH](OCCCCCCO[PH](=O)OCC1CO1)OCC1CO1. The molecule has 2 aliphatic rings. The first kappa shape index (κ1) is 18.6. The van der Waals surface area contributed by atoms with Crippen LogP contribution in [0.4, 0.5) is 0 Å². The molecule has 2 aliphatic heterocycles. The van der Waals surface area contributed by atoms with Crippen molar-refractivity contribution in [2.75, 3.05) is 39.6 Å². The van der Waals surface area contributed by atoms with Gasteiger partial charge in [-0.05, 0) is 12.8 Å². The largest absolute Gasteiger partial charge is 0.371 e. The summed E-state index contributed by atoms with van der Waals surface area (Å²) in [6.45, 7) is 2.91. The second-order valence-electron chi connectivity index (χ2n) is 5.14. The van der Waals surface area contributed by atoms with Crippen LogP contribution in [0.25, 0.3) is 0 Å². The molecule has 2 fully saturated rings. The molecule has 2 rings (SSSR count). The van der Waals surface area contributed by atoms with E-state index in [2.05, 4.69) is 0 Å². The van der Waals surface area contributed by atoms with Gasteiger partial charge in [-0.1, -0.05) is 12.8 Å². The Hall–Kier alpha value is 0.220. The lowest BCUT2D eigenvalue weighted by molar-refractivity contribution is 0.199. The summed E-state index contributed by atoms with van der Waals surface area (Å²) >= 11 is 0. The van der Waals surface area contributed by atoms with E-state index in [-0.39, 0.29) is 12.2 Å². The van der Waals surface area contributed by atoms with Crippen LogP contribution in [-0.2, 0) is 36.7 Å². The Morgan fingerprint density at radius 3 is 1.50 bits per heavy atom. The highest BCUT2D eigenvalue weighted by Gasteiger charge is 2.24. The van der Waals surface area contributed by atoms with Gasteiger partial charge < -0.3 is 27.6 Å². The third kappa shape index (κ3) is 10.1. The van der Waals surface area contributed by atoms with Gasteiger partial charge in [-0.2, -0.15) is 0 Å². The van der Waals surface area contributed by atoms with E-state index in [0.717, 1.165) is 25.7 Å². The Bertz CT molecular complexity index is 325. The second kappa shape index (κ2) is 10.9. The van der Waals surface area contributed by atoms with E-state index >= 15 is 0 Å². The number of hydrogen-bond acceptors (Lipinski definition) is 8. The Labute approximate surface area is 131 Å². The van der Waals surface area contributed by atoms with Crippen LogP contribution in [0.1, 0.15) is 25.7 Å². The lowest BCUT2D eigenvalue weighted by Gasteiger charge is -2.05. The van der Waals surface area contributed by atoms with Crippen molar-refractivity contribution in [2.45, 2.75) is 37.9 Å². The van der Waals surface area contributed by atoms with Crippen molar-refractivity contribution >= 4 is 16.5 Å². The zero-order valence-electron chi connectivity index (χ0n) is 12.5. The van der Waals surface area contributed by atoms with Crippen LogP contribution in [0.2, 0.25) is 0 Å². The Morgan fingerprint density at radius 1 is 0.727 bits per heavy atom. The fraction of sp³-hybridized carbons (Fsp3) is 1.00. The fourth-order valence-corrected chi connectivity index (χ4v) is 3.04. The number of hydrogen-bond donors (Lipinski definition) is 0. The molecular weight excluding hydrogens is 334 g/mol. The van der Waals surface area contributed by atoms with E-state index in [4.69, 9.17) is 27.6 Å². The minimum absolute atomic E-state index is 0.103. The summed E-state index contributed by atoms with van der Waals surface area (Å²) in [5.41, 5.74) is 0. The summed E-state index contributed by atoms with van der Waals surface area (Å²) in [6.07, 6.45) is 3.69. The third-order valence-electron chi connectivity index (χ3n) is 3.06. The maximum absolute atomic E-state index is 11.3. The molecule has 0 amide bonds. The minimum atomic E-state index is -2.38. The fourth-order valence-electron chi connectivity index (χ4n) is 1.60. The van der Waals surface area contributed by atoms with E-state index in [1.165, 1.54) is 0 Å². The van der Waals surface area contributed by atoms with Gasteiger partial charge in [-0.3, -0.25) is 9.13 Å². The first-order valence-electron chi connectivity index (χ1n) is 7.56. The molecule has 0 N–H and O–H groups in total. The van der Waals surface area contributed by atoms with Crippen molar-refractivity contribution in [1.29, 1.82) is 0 Å². The van der Waals surface area contributed by atoms with Crippen LogP contribution in [0.15, 0.2) is 0 Å². The Kier molecular flexibility index (Phi) is 9.19. The first-order valence-corrected chi connectivity index (χ1v) is 10.0.